The fourth-order valence-corrected chi connectivity index (χ4v) is 3.08. The van der Waals surface area contributed by atoms with Crippen molar-refractivity contribution in [2.45, 2.75) is 17.0 Å². The molecular weight excluding hydrogens is 344 g/mol. The molecule has 1 heterocycles. The number of nitrogens with zero attached hydrogens (tertiary/aromatic N) is 2. The maximum Gasteiger partial charge on any atom is 0.251 e. The standard InChI is InChI=1S/C12H11BrN4O2S/c1-6-4-10(18)16-12(15-6)20-9-5-7(13)2-3-8(9)11(14)17-19/h2-5,19H,1H3,(H2,14,17)(H,15,16,18). The van der Waals surface area contributed by atoms with Crippen LogP contribution in [-0.2, 0) is 0 Å². The van der Waals surface area contributed by atoms with Gasteiger partial charge in [-0.05, 0) is 25.1 Å². The highest BCUT2D eigenvalue weighted by atomic mass is 79.9. The second kappa shape index (κ2) is 6.10. The summed E-state index contributed by atoms with van der Waals surface area (Å²) in [7, 11) is 0. The Kier molecular flexibility index (Phi) is 4.46. The van der Waals surface area contributed by atoms with Crippen LogP contribution in [0.2, 0.25) is 0 Å². The largest absolute Gasteiger partial charge is 0.409 e. The molecule has 0 atom stereocenters. The maximum absolute atomic E-state index is 11.4. The van der Waals surface area contributed by atoms with E-state index in [1.165, 1.54) is 17.8 Å². The molecule has 104 valence electrons. The van der Waals surface area contributed by atoms with Crippen LogP contribution in [-0.4, -0.2) is 21.0 Å². The third kappa shape index (κ3) is 3.40. The molecule has 0 amide bonds. The van der Waals surface area contributed by atoms with Crippen LogP contribution in [0, 0.1) is 6.92 Å². The number of oxime groups is 1. The van der Waals surface area contributed by atoms with E-state index in [0.717, 1.165) is 4.47 Å². The molecule has 8 heteroatoms. The van der Waals surface area contributed by atoms with Gasteiger partial charge < -0.3 is 15.9 Å². The van der Waals surface area contributed by atoms with Crippen LogP contribution in [0.25, 0.3) is 0 Å². The minimum absolute atomic E-state index is 0.00463. The molecule has 0 aliphatic rings. The molecule has 2 aromatic rings. The van der Waals surface area contributed by atoms with E-state index in [2.05, 4.69) is 31.1 Å². The monoisotopic (exact) mass is 354 g/mol. The number of aryl methyl sites for hydroxylation is 1. The lowest BCUT2D eigenvalue weighted by molar-refractivity contribution is 0.318. The smallest absolute Gasteiger partial charge is 0.251 e. The summed E-state index contributed by atoms with van der Waals surface area (Å²) in [6, 6.07) is 6.72. The Hall–Kier alpha value is -1.80. The fourth-order valence-electron chi connectivity index (χ4n) is 1.55. The molecule has 0 bridgehead atoms. The third-order valence-electron chi connectivity index (χ3n) is 2.38. The molecule has 0 spiro atoms. The molecule has 0 unspecified atom stereocenters. The first kappa shape index (κ1) is 14.6. The van der Waals surface area contributed by atoms with Crippen LogP contribution >= 0.6 is 27.7 Å². The zero-order valence-corrected chi connectivity index (χ0v) is 12.8. The van der Waals surface area contributed by atoms with Gasteiger partial charge in [-0.25, -0.2) is 4.98 Å². The van der Waals surface area contributed by atoms with Gasteiger partial charge in [0.05, 0.1) is 0 Å². The number of nitrogens with one attached hydrogen (secondary N) is 1. The van der Waals surface area contributed by atoms with Crippen LogP contribution < -0.4 is 11.3 Å². The predicted molar refractivity (Wildman–Crippen MR) is 80.4 cm³/mol. The summed E-state index contributed by atoms with van der Waals surface area (Å²) < 4.78 is 0.837. The molecule has 20 heavy (non-hydrogen) atoms. The van der Waals surface area contributed by atoms with Crippen molar-refractivity contribution in [3.05, 3.63) is 50.3 Å². The molecule has 0 fully saturated rings. The fraction of sp³-hybridized carbons (Fsp3) is 0.0833. The molecule has 0 aliphatic carbocycles. The molecule has 0 aliphatic heterocycles. The van der Waals surface area contributed by atoms with E-state index < -0.39 is 0 Å². The summed E-state index contributed by atoms with van der Waals surface area (Å²) in [4.78, 5) is 19.0. The van der Waals surface area contributed by atoms with Crippen molar-refractivity contribution >= 4 is 33.5 Å². The zero-order valence-electron chi connectivity index (χ0n) is 10.4. The molecule has 1 aromatic carbocycles. The van der Waals surface area contributed by atoms with Gasteiger partial charge in [-0.2, -0.15) is 0 Å². The average molecular weight is 355 g/mol. The highest BCUT2D eigenvalue weighted by molar-refractivity contribution is 9.10. The van der Waals surface area contributed by atoms with Crippen LogP contribution in [0.1, 0.15) is 11.3 Å². The van der Waals surface area contributed by atoms with Gasteiger partial charge in [0.15, 0.2) is 11.0 Å². The minimum Gasteiger partial charge on any atom is -0.409 e. The van der Waals surface area contributed by atoms with E-state index in [-0.39, 0.29) is 11.4 Å². The summed E-state index contributed by atoms with van der Waals surface area (Å²) >= 11 is 4.59. The Morgan fingerprint density at radius 3 is 2.90 bits per heavy atom. The molecule has 0 saturated heterocycles. The summed E-state index contributed by atoms with van der Waals surface area (Å²) in [5.74, 6) is -0.00463. The van der Waals surface area contributed by atoms with Crippen molar-refractivity contribution in [3.63, 3.8) is 0 Å². The van der Waals surface area contributed by atoms with Gasteiger partial charge in [0.2, 0.25) is 0 Å². The molecule has 2 rings (SSSR count). The van der Waals surface area contributed by atoms with Crippen molar-refractivity contribution in [1.82, 2.24) is 9.97 Å². The van der Waals surface area contributed by atoms with Gasteiger partial charge in [-0.15, -0.1) is 0 Å². The summed E-state index contributed by atoms with van der Waals surface area (Å²) in [5, 5.41) is 12.2. The average Bonchev–Trinajstić information content (AvgIpc) is 2.37. The Bertz CT molecular complexity index is 730. The summed E-state index contributed by atoms with van der Waals surface area (Å²) in [6.07, 6.45) is 0. The molecule has 6 nitrogen and oxygen atoms in total. The summed E-state index contributed by atoms with van der Waals surface area (Å²) in [6.45, 7) is 1.74. The predicted octanol–water partition coefficient (Wildman–Crippen LogP) is 2.09. The molecular formula is C12H11BrN4O2S. The van der Waals surface area contributed by atoms with E-state index in [9.17, 15) is 4.79 Å². The molecule has 1 aromatic heterocycles. The molecule has 0 radical (unpaired) electrons. The zero-order chi connectivity index (χ0) is 14.7. The first-order chi connectivity index (χ1) is 9.49. The number of nitrogens with two attached hydrogens (primary N) is 1. The van der Waals surface area contributed by atoms with Gasteiger partial charge in [0.25, 0.3) is 5.56 Å². The van der Waals surface area contributed by atoms with E-state index in [4.69, 9.17) is 10.9 Å². The second-order valence-electron chi connectivity index (χ2n) is 3.92. The highest BCUT2D eigenvalue weighted by Crippen LogP contribution is 2.30. The van der Waals surface area contributed by atoms with Gasteiger partial charge in [-0.1, -0.05) is 32.8 Å². The lowest BCUT2D eigenvalue weighted by Crippen LogP contribution is -2.14. The topological polar surface area (TPSA) is 104 Å². The maximum atomic E-state index is 11.4. The van der Waals surface area contributed by atoms with Crippen molar-refractivity contribution in [2.24, 2.45) is 10.9 Å². The third-order valence-corrected chi connectivity index (χ3v) is 3.82. The SMILES string of the molecule is Cc1cc(=O)[nH]c(Sc2cc(Br)ccc2/C(N)=N/O)n1. The number of benzene rings is 1. The van der Waals surface area contributed by atoms with Gasteiger partial charge in [-0.3, -0.25) is 4.79 Å². The first-order valence-corrected chi connectivity index (χ1v) is 7.14. The van der Waals surface area contributed by atoms with Gasteiger partial charge in [0.1, 0.15) is 0 Å². The van der Waals surface area contributed by atoms with E-state index in [1.807, 2.05) is 0 Å². The minimum atomic E-state index is -0.222. The number of aromatic nitrogens is 2. The van der Waals surface area contributed by atoms with Crippen molar-refractivity contribution < 1.29 is 5.21 Å². The number of hydrogen-bond donors (Lipinski definition) is 3. The van der Waals surface area contributed by atoms with Crippen LogP contribution in [0.15, 0.2) is 48.7 Å². The Morgan fingerprint density at radius 1 is 1.50 bits per heavy atom. The van der Waals surface area contributed by atoms with Gasteiger partial charge >= 0.3 is 0 Å². The number of aromatic amines is 1. The lowest BCUT2D eigenvalue weighted by atomic mass is 10.2. The first-order valence-electron chi connectivity index (χ1n) is 5.53. The van der Waals surface area contributed by atoms with E-state index in [0.29, 0.717) is 21.3 Å². The van der Waals surface area contributed by atoms with Crippen LogP contribution in [0.5, 0.6) is 0 Å². The van der Waals surface area contributed by atoms with Crippen molar-refractivity contribution in [1.29, 1.82) is 0 Å². The second-order valence-corrected chi connectivity index (χ2v) is 5.87. The van der Waals surface area contributed by atoms with Crippen LogP contribution in [0.4, 0.5) is 0 Å². The van der Waals surface area contributed by atoms with Crippen molar-refractivity contribution in [2.75, 3.05) is 0 Å². The number of hydrogen-bond acceptors (Lipinski definition) is 5. The Morgan fingerprint density at radius 2 is 2.25 bits per heavy atom. The van der Waals surface area contributed by atoms with E-state index in [1.54, 1.807) is 25.1 Å². The quantitative estimate of drug-likeness (QED) is 0.257. The van der Waals surface area contributed by atoms with Crippen molar-refractivity contribution in [3.8, 4) is 0 Å². The highest BCUT2D eigenvalue weighted by Gasteiger charge is 2.11. The number of rotatable bonds is 3. The Balaban J connectivity index is 2.47. The van der Waals surface area contributed by atoms with Crippen LogP contribution in [0.3, 0.4) is 0 Å². The summed E-state index contributed by atoms with van der Waals surface area (Å²) in [5.41, 5.74) is 6.60. The number of halogens is 1. The van der Waals surface area contributed by atoms with Gasteiger partial charge in [0, 0.05) is 26.7 Å². The normalized spacial score (nSPS) is 11.6. The lowest BCUT2D eigenvalue weighted by Gasteiger charge is -2.08. The number of amidine groups is 1. The molecule has 0 saturated carbocycles. The van der Waals surface area contributed by atoms with E-state index >= 15 is 0 Å². The Labute approximate surface area is 127 Å². The molecule has 4 N–H and O–H groups in total. The number of H-pyrrole nitrogens is 1.